The minimum Gasteiger partial charge on any atom is -0.503 e. The average Bonchev–Trinajstić information content (AvgIpc) is 3.11. The lowest BCUT2D eigenvalue weighted by Gasteiger charge is -2.32. The first kappa shape index (κ1) is 20.9. The third-order valence-electron chi connectivity index (χ3n) is 4.53. The van der Waals surface area contributed by atoms with Crippen LogP contribution in [0.5, 0.6) is 11.5 Å². The van der Waals surface area contributed by atoms with E-state index in [9.17, 15) is 18.3 Å². The maximum atomic E-state index is 13.6. The molecule has 0 unspecified atom stereocenters. The fourth-order valence-electron chi connectivity index (χ4n) is 3.24. The minimum atomic E-state index is -4.26. The molecule has 0 aliphatic carbocycles. The minimum absolute atomic E-state index is 0.00380. The van der Waals surface area contributed by atoms with Crippen LogP contribution in [-0.2, 0) is 19.5 Å². The molecular weight excluding hydrogens is 426 g/mol. The molecule has 2 heterocycles. The lowest BCUT2D eigenvalue weighted by molar-refractivity contribution is 0.00582. The molecule has 2 aromatic carbocycles. The summed E-state index contributed by atoms with van der Waals surface area (Å²) in [7, 11) is -4.26. The Hall–Kier alpha value is -3.40. The van der Waals surface area contributed by atoms with Crippen molar-refractivity contribution in [3.8, 4) is 11.5 Å². The molecule has 0 aromatic heterocycles. The third-order valence-corrected chi connectivity index (χ3v) is 6.28. The molecule has 0 bridgehead atoms. The summed E-state index contributed by atoms with van der Waals surface area (Å²) >= 11 is 0. The van der Waals surface area contributed by atoms with Crippen molar-refractivity contribution in [1.82, 2.24) is 0 Å². The molecule has 10 heteroatoms. The number of hydrogen-bond donors (Lipinski definition) is 1. The van der Waals surface area contributed by atoms with Gasteiger partial charge in [-0.05, 0) is 51.5 Å². The zero-order chi connectivity index (χ0) is 22.6. The van der Waals surface area contributed by atoms with E-state index in [1.54, 1.807) is 39.8 Å². The number of carbonyl (C=O) groups excluding carboxylic acids is 1. The highest BCUT2D eigenvalue weighted by molar-refractivity contribution is 7.93. The van der Waals surface area contributed by atoms with Crippen LogP contribution in [0.1, 0.15) is 31.9 Å². The summed E-state index contributed by atoms with van der Waals surface area (Å²) in [6.07, 6.45) is -1.16. The molecule has 0 saturated carbocycles. The number of anilines is 1. The number of sulfonamides is 1. The summed E-state index contributed by atoms with van der Waals surface area (Å²) in [5.41, 5.74) is -0.261. The van der Waals surface area contributed by atoms with Crippen LogP contribution in [0.3, 0.4) is 0 Å². The van der Waals surface area contributed by atoms with Gasteiger partial charge < -0.3 is 24.1 Å². The molecule has 0 saturated heterocycles. The number of aryl methyl sites for hydroxylation is 1. The number of nitrogens with zero attached hydrogens (tertiary/aromatic N) is 1. The number of aliphatic hydroxyl groups is 1. The van der Waals surface area contributed by atoms with E-state index in [4.69, 9.17) is 18.9 Å². The molecule has 1 N–H and O–H groups in total. The van der Waals surface area contributed by atoms with Crippen molar-refractivity contribution in [3.05, 3.63) is 53.4 Å². The lowest BCUT2D eigenvalue weighted by atomic mass is 10.1. The Bertz CT molecular complexity index is 1210. The Morgan fingerprint density at radius 1 is 1.13 bits per heavy atom. The van der Waals surface area contributed by atoms with Gasteiger partial charge in [-0.3, -0.25) is 0 Å². The molecule has 2 aliphatic heterocycles. The molecular formula is C21H21NO8S. The second-order valence-electron chi connectivity index (χ2n) is 7.98. The number of aliphatic hydroxyl groups excluding tert-OH is 1. The van der Waals surface area contributed by atoms with Gasteiger partial charge in [0.05, 0.1) is 10.6 Å². The highest BCUT2D eigenvalue weighted by atomic mass is 32.2. The number of benzene rings is 2. The van der Waals surface area contributed by atoms with Crippen molar-refractivity contribution in [2.75, 3.05) is 11.1 Å². The van der Waals surface area contributed by atoms with Crippen molar-refractivity contribution in [2.45, 2.75) is 38.2 Å². The third kappa shape index (κ3) is 3.63. The summed E-state index contributed by atoms with van der Waals surface area (Å²) in [6, 6.07) is 8.95. The number of rotatable bonds is 2. The van der Waals surface area contributed by atoms with Crippen LogP contribution in [0.15, 0.2) is 47.2 Å². The molecule has 0 amide bonds. The van der Waals surface area contributed by atoms with Gasteiger partial charge >= 0.3 is 6.16 Å². The summed E-state index contributed by atoms with van der Waals surface area (Å²) < 4.78 is 49.0. The molecule has 0 radical (unpaired) electrons. The predicted octanol–water partition coefficient (Wildman–Crippen LogP) is 4.07. The van der Waals surface area contributed by atoms with E-state index in [1.165, 1.54) is 24.3 Å². The SMILES string of the molecule is Cc1cc2c(cc1N1C(OC(=O)OC(C)(C)C)=C(O)c3ccccc3S1(=O)=O)OCO2. The van der Waals surface area contributed by atoms with Gasteiger partial charge in [0.15, 0.2) is 17.3 Å². The summed E-state index contributed by atoms with van der Waals surface area (Å²) in [6.45, 7) is 6.56. The van der Waals surface area contributed by atoms with Gasteiger partial charge in [-0.15, -0.1) is 0 Å². The van der Waals surface area contributed by atoms with Crippen molar-refractivity contribution >= 4 is 27.6 Å². The fraction of sp³-hybridized carbons (Fsp3) is 0.286. The van der Waals surface area contributed by atoms with E-state index in [-0.39, 0.29) is 22.9 Å². The molecule has 31 heavy (non-hydrogen) atoms. The normalized spacial score (nSPS) is 16.7. The highest BCUT2D eigenvalue weighted by Gasteiger charge is 2.42. The van der Waals surface area contributed by atoms with Crippen molar-refractivity contribution in [3.63, 3.8) is 0 Å². The Balaban J connectivity index is 1.91. The van der Waals surface area contributed by atoms with Crippen LogP contribution >= 0.6 is 0 Å². The van der Waals surface area contributed by atoms with Crippen LogP contribution < -0.4 is 13.8 Å². The maximum absolute atomic E-state index is 13.6. The fourth-order valence-corrected chi connectivity index (χ4v) is 4.92. The van der Waals surface area contributed by atoms with Crippen LogP contribution in [0, 0.1) is 6.92 Å². The van der Waals surface area contributed by atoms with Crippen LogP contribution in [0.4, 0.5) is 10.5 Å². The smallest absolute Gasteiger partial charge is 0.503 e. The molecule has 2 aromatic rings. The van der Waals surface area contributed by atoms with E-state index in [0.29, 0.717) is 17.1 Å². The van der Waals surface area contributed by atoms with Crippen LogP contribution in [0.2, 0.25) is 0 Å². The van der Waals surface area contributed by atoms with Gasteiger partial charge in [-0.1, -0.05) is 12.1 Å². The second kappa shape index (κ2) is 7.09. The van der Waals surface area contributed by atoms with E-state index in [0.717, 1.165) is 4.31 Å². The molecule has 0 fully saturated rings. The standard InChI is InChI=1S/C21H21NO8S/c1-12-9-15-16(28-11-27-15)10-14(12)22-19(29-20(24)30-21(2,3)4)18(23)13-7-5-6-8-17(13)31(22,25)26/h5-10,23H,11H2,1-4H3. The van der Waals surface area contributed by atoms with Gasteiger partial charge in [0.1, 0.15) is 5.60 Å². The first-order chi connectivity index (χ1) is 14.5. The van der Waals surface area contributed by atoms with E-state index in [1.807, 2.05) is 0 Å². The molecule has 0 atom stereocenters. The molecule has 9 nitrogen and oxygen atoms in total. The van der Waals surface area contributed by atoms with Crippen molar-refractivity contribution in [1.29, 1.82) is 0 Å². The Labute approximate surface area is 179 Å². The number of ether oxygens (including phenoxy) is 4. The van der Waals surface area contributed by atoms with Crippen molar-refractivity contribution < 1.29 is 37.3 Å². The van der Waals surface area contributed by atoms with Gasteiger partial charge in [-0.25, -0.2) is 13.2 Å². The van der Waals surface area contributed by atoms with E-state index >= 15 is 0 Å². The van der Waals surface area contributed by atoms with Crippen LogP contribution in [-0.4, -0.2) is 32.1 Å². The van der Waals surface area contributed by atoms with Gasteiger partial charge in [0.2, 0.25) is 6.79 Å². The van der Waals surface area contributed by atoms with Gasteiger partial charge in [0.25, 0.3) is 15.9 Å². The molecule has 4 rings (SSSR count). The topological polar surface area (TPSA) is 112 Å². The lowest BCUT2D eigenvalue weighted by Crippen LogP contribution is -2.38. The first-order valence-corrected chi connectivity index (χ1v) is 10.8. The summed E-state index contributed by atoms with van der Waals surface area (Å²) in [4.78, 5) is 12.3. The largest absolute Gasteiger partial charge is 0.515 e. The van der Waals surface area contributed by atoms with Crippen molar-refractivity contribution in [2.24, 2.45) is 0 Å². The first-order valence-electron chi connectivity index (χ1n) is 9.38. The quantitative estimate of drug-likeness (QED) is 0.686. The maximum Gasteiger partial charge on any atom is 0.515 e. The van der Waals surface area contributed by atoms with Crippen LogP contribution in [0.25, 0.3) is 5.76 Å². The monoisotopic (exact) mass is 447 g/mol. The zero-order valence-corrected chi connectivity index (χ0v) is 18.1. The Morgan fingerprint density at radius 3 is 2.45 bits per heavy atom. The van der Waals surface area contributed by atoms with E-state index < -0.39 is 33.4 Å². The Kier molecular flexibility index (Phi) is 4.77. The highest BCUT2D eigenvalue weighted by Crippen LogP contribution is 2.44. The molecule has 2 aliphatic rings. The summed E-state index contributed by atoms with van der Waals surface area (Å²) in [5, 5.41) is 10.9. The van der Waals surface area contributed by atoms with Gasteiger partial charge in [0, 0.05) is 11.6 Å². The predicted molar refractivity (Wildman–Crippen MR) is 110 cm³/mol. The Morgan fingerprint density at radius 2 is 1.77 bits per heavy atom. The van der Waals surface area contributed by atoms with E-state index in [2.05, 4.69) is 0 Å². The number of carbonyl (C=O) groups is 1. The number of fused-ring (bicyclic) bond motifs is 2. The van der Waals surface area contributed by atoms with Gasteiger partial charge in [-0.2, -0.15) is 4.31 Å². The molecule has 164 valence electrons. The second-order valence-corrected chi connectivity index (χ2v) is 9.73. The summed E-state index contributed by atoms with van der Waals surface area (Å²) in [5.74, 6) is -0.326. The average molecular weight is 447 g/mol. The number of hydrogen-bond acceptors (Lipinski definition) is 8. The molecule has 0 spiro atoms. The zero-order valence-electron chi connectivity index (χ0n) is 17.3.